The number of nitrogen functional groups attached to an aromatic ring is 1. The van der Waals surface area contributed by atoms with E-state index in [-0.39, 0.29) is 5.91 Å². The maximum Gasteiger partial charge on any atom is 0.223 e. The summed E-state index contributed by atoms with van der Waals surface area (Å²) in [6, 6.07) is 17.8. The van der Waals surface area contributed by atoms with Crippen LogP contribution in [0.2, 0.25) is 0 Å². The Bertz CT molecular complexity index is 581. The molecule has 0 aliphatic rings. The van der Waals surface area contributed by atoms with Crippen LogP contribution in [0, 0.1) is 0 Å². The molecule has 0 bridgehead atoms. The standard InChI is InChI=1S/C18H22N2O/c1-2-20(14-16-7-4-3-5-8-16)18(21)12-11-15-9-6-10-17(19)13-15/h3-10,13H,2,11-12,14,19H2,1H3. The Hall–Kier alpha value is -2.29. The molecule has 2 aromatic rings. The highest BCUT2D eigenvalue weighted by molar-refractivity contribution is 5.76. The number of hydrogen-bond donors (Lipinski definition) is 1. The van der Waals surface area contributed by atoms with Gasteiger partial charge in [-0.25, -0.2) is 0 Å². The molecule has 0 radical (unpaired) electrons. The van der Waals surface area contributed by atoms with Gasteiger partial charge in [0.05, 0.1) is 0 Å². The summed E-state index contributed by atoms with van der Waals surface area (Å²) < 4.78 is 0. The lowest BCUT2D eigenvalue weighted by Crippen LogP contribution is -2.30. The van der Waals surface area contributed by atoms with Crippen molar-refractivity contribution in [3.63, 3.8) is 0 Å². The maximum atomic E-state index is 12.3. The molecule has 0 aliphatic heterocycles. The molecule has 2 N–H and O–H groups in total. The molecule has 0 spiro atoms. The Morgan fingerprint density at radius 3 is 2.43 bits per heavy atom. The van der Waals surface area contributed by atoms with E-state index in [2.05, 4.69) is 0 Å². The summed E-state index contributed by atoms with van der Waals surface area (Å²) >= 11 is 0. The minimum Gasteiger partial charge on any atom is -0.399 e. The fraction of sp³-hybridized carbons (Fsp3) is 0.278. The number of carbonyl (C=O) groups excluding carboxylic acids is 1. The van der Waals surface area contributed by atoms with Gasteiger partial charge in [-0.2, -0.15) is 0 Å². The molecule has 0 saturated carbocycles. The Balaban J connectivity index is 1.91. The van der Waals surface area contributed by atoms with Crippen LogP contribution in [0.4, 0.5) is 5.69 Å². The van der Waals surface area contributed by atoms with Gasteiger partial charge in [0, 0.05) is 25.2 Å². The van der Waals surface area contributed by atoms with Gasteiger partial charge in [-0.3, -0.25) is 4.79 Å². The summed E-state index contributed by atoms with van der Waals surface area (Å²) in [4.78, 5) is 14.2. The van der Waals surface area contributed by atoms with Crippen LogP contribution in [-0.2, 0) is 17.8 Å². The fourth-order valence-corrected chi connectivity index (χ4v) is 2.34. The predicted octanol–water partition coefficient (Wildman–Crippen LogP) is 3.25. The first-order valence-corrected chi connectivity index (χ1v) is 7.35. The molecule has 0 unspecified atom stereocenters. The van der Waals surface area contributed by atoms with Crippen molar-refractivity contribution in [2.45, 2.75) is 26.3 Å². The summed E-state index contributed by atoms with van der Waals surface area (Å²) in [7, 11) is 0. The molecule has 1 amide bonds. The Labute approximate surface area is 126 Å². The second kappa shape index (κ2) is 7.48. The zero-order chi connectivity index (χ0) is 15.1. The van der Waals surface area contributed by atoms with E-state index in [0.29, 0.717) is 13.0 Å². The summed E-state index contributed by atoms with van der Waals surface area (Å²) in [6.45, 7) is 3.42. The van der Waals surface area contributed by atoms with Crippen molar-refractivity contribution in [3.8, 4) is 0 Å². The molecular formula is C18H22N2O. The van der Waals surface area contributed by atoms with Gasteiger partial charge in [0.1, 0.15) is 0 Å². The third kappa shape index (κ3) is 4.63. The number of nitrogens with zero attached hydrogens (tertiary/aromatic N) is 1. The van der Waals surface area contributed by atoms with Crippen LogP contribution in [0.3, 0.4) is 0 Å². The summed E-state index contributed by atoms with van der Waals surface area (Å²) in [6.07, 6.45) is 1.25. The second-order valence-electron chi connectivity index (χ2n) is 5.14. The van der Waals surface area contributed by atoms with E-state index in [0.717, 1.165) is 29.8 Å². The van der Waals surface area contributed by atoms with Gasteiger partial charge in [-0.1, -0.05) is 42.5 Å². The Morgan fingerprint density at radius 2 is 1.76 bits per heavy atom. The molecule has 0 atom stereocenters. The van der Waals surface area contributed by atoms with E-state index in [1.807, 2.05) is 66.4 Å². The second-order valence-corrected chi connectivity index (χ2v) is 5.14. The lowest BCUT2D eigenvalue weighted by Gasteiger charge is -2.21. The van der Waals surface area contributed by atoms with Crippen molar-refractivity contribution >= 4 is 11.6 Å². The smallest absolute Gasteiger partial charge is 0.223 e. The van der Waals surface area contributed by atoms with Crippen LogP contribution in [0.25, 0.3) is 0 Å². The SMILES string of the molecule is CCN(Cc1ccccc1)C(=O)CCc1cccc(N)c1. The molecule has 110 valence electrons. The van der Waals surface area contributed by atoms with Crippen LogP contribution in [0.5, 0.6) is 0 Å². The van der Waals surface area contributed by atoms with Crippen molar-refractivity contribution in [2.24, 2.45) is 0 Å². The topological polar surface area (TPSA) is 46.3 Å². The number of carbonyl (C=O) groups is 1. The first-order chi connectivity index (χ1) is 10.2. The monoisotopic (exact) mass is 282 g/mol. The average Bonchev–Trinajstić information content (AvgIpc) is 2.51. The molecule has 0 aromatic heterocycles. The highest BCUT2D eigenvalue weighted by Crippen LogP contribution is 2.11. The summed E-state index contributed by atoms with van der Waals surface area (Å²) in [5, 5.41) is 0. The van der Waals surface area contributed by atoms with Crippen molar-refractivity contribution in [1.82, 2.24) is 4.90 Å². The van der Waals surface area contributed by atoms with Crippen molar-refractivity contribution in [2.75, 3.05) is 12.3 Å². The lowest BCUT2D eigenvalue weighted by atomic mass is 10.1. The first-order valence-electron chi connectivity index (χ1n) is 7.35. The number of hydrogen-bond acceptors (Lipinski definition) is 2. The van der Waals surface area contributed by atoms with Crippen LogP contribution < -0.4 is 5.73 Å². The predicted molar refractivity (Wildman–Crippen MR) is 86.7 cm³/mol. The van der Waals surface area contributed by atoms with Crippen molar-refractivity contribution < 1.29 is 4.79 Å². The van der Waals surface area contributed by atoms with Gasteiger partial charge < -0.3 is 10.6 Å². The van der Waals surface area contributed by atoms with E-state index in [1.54, 1.807) is 0 Å². The third-order valence-electron chi connectivity index (χ3n) is 3.53. The number of anilines is 1. The number of aryl methyl sites for hydroxylation is 1. The van der Waals surface area contributed by atoms with E-state index in [1.165, 1.54) is 0 Å². The van der Waals surface area contributed by atoms with Gasteiger partial charge in [-0.15, -0.1) is 0 Å². The number of rotatable bonds is 6. The number of amides is 1. The van der Waals surface area contributed by atoms with E-state index >= 15 is 0 Å². The highest BCUT2D eigenvalue weighted by atomic mass is 16.2. The molecule has 2 aromatic carbocycles. The zero-order valence-corrected chi connectivity index (χ0v) is 12.5. The maximum absolute atomic E-state index is 12.3. The van der Waals surface area contributed by atoms with Gasteiger partial charge >= 0.3 is 0 Å². The highest BCUT2D eigenvalue weighted by Gasteiger charge is 2.12. The largest absolute Gasteiger partial charge is 0.399 e. The molecule has 0 saturated heterocycles. The van der Waals surface area contributed by atoms with Crippen LogP contribution in [-0.4, -0.2) is 17.4 Å². The summed E-state index contributed by atoms with van der Waals surface area (Å²) in [5.41, 5.74) is 8.78. The fourth-order valence-electron chi connectivity index (χ4n) is 2.34. The van der Waals surface area contributed by atoms with Crippen molar-refractivity contribution in [1.29, 1.82) is 0 Å². The lowest BCUT2D eigenvalue weighted by molar-refractivity contribution is -0.131. The van der Waals surface area contributed by atoms with E-state index in [9.17, 15) is 4.79 Å². The third-order valence-corrected chi connectivity index (χ3v) is 3.53. The molecule has 0 fully saturated rings. The molecule has 3 nitrogen and oxygen atoms in total. The molecule has 2 rings (SSSR count). The minimum absolute atomic E-state index is 0.184. The molecule has 3 heteroatoms. The van der Waals surface area contributed by atoms with Crippen molar-refractivity contribution in [3.05, 3.63) is 65.7 Å². The van der Waals surface area contributed by atoms with E-state index in [4.69, 9.17) is 5.73 Å². The quantitative estimate of drug-likeness (QED) is 0.827. The minimum atomic E-state index is 0.184. The zero-order valence-electron chi connectivity index (χ0n) is 12.5. The molecule has 0 aliphatic carbocycles. The van der Waals surface area contributed by atoms with Crippen LogP contribution >= 0.6 is 0 Å². The molecule has 21 heavy (non-hydrogen) atoms. The Morgan fingerprint density at radius 1 is 1.05 bits per heavy atom. The number of benzene rings is 2. The van der Waals surface area contributed by atoms with Crippen LogP contribution in [0.1, 0.15) is 24.5 Å². The van der Waals surface area contributed by atoms with Crippen LogP contribution in [0.15, 0.2) is 54.6 Å². The average molecular weight is 282 g/mol. The van der Waals surface area contributed by atoms with Gasteiger partial charge in [-0.05, 0) is 36.6 Å². The van der Waals surface area contributed by atoms with Gasteiger partial charge in [0.25, 0.3) is 0 Å². The van der Waals surface area contributed by atoms with Gasteiger partial charge in [0.15, 0.2) is 0 Å². The molecule has 0 heterocycles. The normalized spacial score (nSPS) is 10.3. The first kappa shape index (κ1) is 15.1. The molecular weight excluding hydrogens is 260 g/mol. The summed E-state index contributed by atoms with van der Waals surface area (Å²) in [5.74, 6) is 0.184. The Kier molecular flexibility index (Phi) is 5.38. The van der Waals surface area contributed by atoms with Gasteiger partial charge in [0.2, 0.25) is 5.91 Å². The number of nitrogens with two attached hydrogens (primary N) is 1. The van der Waals surface area contributed by atoms with E-state index < -0.39 is 0 Å².